The van der Waals surface area contributed by atoms with E-state index in [9.17, 15) is 5.11 Å². The number of hydrogen-bond acceptors (Lipinski definition) is 5. The predicted molar refractivity (Wildman–Crippen MR) is 66.2 cm³/mol. The molecule has 0 radical (unpaired) electrons. The van der Waals surface area contributed by atoms with Crippen molar-refractivity contribution in [2.75, 3.05) is 6.61 Å². The number of nitrogens with zero attached hydrogens (tertiary/aromatic N) is 2. The molecule has 17 heavy (non-hydrogen) atoms. The van der Waals surface area contributed by atoms with Crippen LogP contribution in [-0.4, -0.2) is 21.7 Å². The molecule has 90 valence electrons. The third-order valence-corrected chi connectivity index (χ3v) is 3.04. The molecule has 1 unspecified atom stereocenters. The fourth-order valence-electron chi connectivity index (χ4n) is 1.40. The average molecular weight is 250 g/mol. The topological polar surface area (TPSA) is 55.2 Å². The first-order chi connectivity index (χ1) is 8.31. The van der Waals surface area contributed by atoms with E-state index in [-0.39, 0.29) is 0 Å². The average Bonchev–Trinajstić information content (AvgIpc) is 2.89. The molecular formula is C12H14N2O2S. The van der Waals surface area contributed by atoms with Gasteiger partial charge in [0.2, 0.25) is 0 Å². The highest BCUT2D eigenvalue weighted by Gasteiger charge is 2.13. The molecule has 0 spiro atoms. The van der Waals surface area contributed by atoms with Crippen molar-refractivity contribution in [2.24, 2.45) is 0 Å². The highest BCUT2D eigenvalue weighted by Crippen LogP contribution is 2.25. The van der Waals surface area contributed by atoms with Crippen LogP contribution in [0.15, 0.2) is 30.0 Å². The Bertz CT molecular complexity index is 459. The van der Waals surface area contributed by atoms with E-state index in [1.165, 1.54) is 11.3 Å². The molecule has 2 aromatic heterocycles. The number of aliphatic hydroxyl groups excluding tert-OH is 1. The maximum Gasteiger partial charge on any atom is 0.137 e. The first kappa shape index (κ1) is 12.0. The molecule has 0 amide bonds. The van der Waals surface area contributed by atoms with Gasteiger partial charge in [-0.2, -0.15) is 0 Å². The summed E-state index contributed by atoms with van der Waals surface area (Å²) in [6, 6.07) is 1.80. The highest BCUT2D eigenvalue weighted by atomic mass is 32.1. The van der Waals surface area contributed by atoms with E-state index in [1.807, 2.05) is 12.3 Å². The fraction of sp³-hybridized carbons (Fsp3) is 0.333. The van der Waals surface area contributed by atoms with E-state index in [2.05, 4.69) is 9.97 Å². The van der Waals surface area contributed by atoms with Gasteiger partial charge < -0.3 is 9.84 Å². The molecule has 0 aliphatic carbocycles. The first-order valence-corrected chi connectivity index (χ1v) is 6.34. The van der Waals surface area contributed by atoms with E-state index in [0.29, 0.717) is 22.9 Å². The van der Waals surface area contributed by atoms with Gasteiger partial charge in [-0.15, -0.1) is 11.3 Å². The van der Waals surface area contributed by atoms with Crippen molar-refractivity contribution in [1.82, 2.24) is 9.97 Å². The summed E-state index contributed by atoms with van der Waals surface area (Å²) in [6.07, 6.45) is 5.17. The van der Waals surface area contributed by atoms with Gasteiger partial charge in [-0.3, -0.25) is 4.98 Å². The summed E-state index contributed by atoms with van der Waals surface area (Å²) in [5.41, 5.74) is 0.702. The van der Waals surface area contributed by atoms with Gasteiger partial charge in [0.1, 0.15) is 16.9 Å². The molecule has 0 fully saturated rings. The second kappa shape index (κ2) is 5.75. The maximum absolute atomic E-state index is 10.1. The van der Waals surface area contributed by atoms with E-state index >= 15 is 0 Å². The Morgan fingerprint density at radius 3 is 3.06 bits per heavy atom. The minimum absolute atomic E-state index is 0.651. The molecule has 0 aliphatic heterocycles. The molecule has 0 bridgehead atoms. The number of thiazole rings is 1. The zero-order chi connectivity index (χ0) is 12.1. The SMILES string of the molecule is CCCOc1cncc(C(O)c2nccs2)c1. The van der Waals surface area contributed by atoms with Crippen molar-refractivity contribution in [1.29, 1.82) is 0 Å². The van der Waals surface area contributed by atoms with Gasteiger partial charge in [0.25, 0.3) is 0 Å². The monoisotopic (exact) mass is 250 g/mol. The molecular weight excluding hydrogens is 236 g/mol. The van der Waals surface area contributed by atoms with Gasteiger partial charge in [-0.25, -0.2) is 4.98 Å². The number of ether oxygens (including phenoxy) is 1. The zero-order valence-corrected chi connectivity index (χ0v) is 10.4. The Morgan fingerprint density at radius 1 is 1.47 bits per heavy atom. The van der Waals surface area contributed by atoms with E-state index in [1.54, 1.807) is 24.7 Å². The van der Waals surface area contributed by atoms with Crippen LogP contribution in [0.4, 0.5) is 0 Å². The molecule has 1 atom stereocenters. The lowest BCUT2D eigenvalue weighted by atomic mass is 10.2. The standard InChI is InChI=1S/C12H14N2O2S/c1-2-4-16-10-6-9(7-13-8-10)11(15)12-14-3-5-17-12/h3,5-8,11,15H,2,4H2,1H3. The van der Waals surface area contributed by atoms with Crippen LogP contribution in [0.5, 0.6) is 5.75 Å². The summed E-state index contributed by atoms with van der Waals surface area (Å²) in [6.45, 7) is 2.69. The number of hydrogen-bond donors (Lipinski definition) is 1. The number of aromatic nitrogens is 2. The molecule has 0 aromatic carbocycles. The molecule has 0 aliphatic rings. The number of aliphatic hydroxyl groups is 1. The molecule has 0 saturated heterocycles. The normalized spacial score (nSPS) is 12.4. The number of rotatable bonds is 5. The molecule has 5 heteroatoms. The highest BCUT2D eigenvalue weighted by molar-refractivity contribution is 7.09. The Hall–Kier alpha value is -1.46. The predicted octanol–water partition coefficient (Wildman–Crippen LogP) is 2.41. The van der Waals surface area contributed by atoms with Gasteiger partial charge in [0, 0.05) is 23.3 Å². The van der Waals surface area contributed by atoms with Crippen molar-refractivity contribution in [3.05, 3.63) is 40.6 Å². The van der Waals surface area contributed by atoms with Crippen LogP contribution in [0, 0.1) is 0 Å². The number of pyridine rings is 1. The molecule has 1 N–H and O–H groups in total. The van der Waals surface area contributed by atoms with E-state index in [0.717, 1.165) is 6.42 Å². The summed E-state index contributed by atoms with van der Waals surface area (Å²) in [5.74, 6) is 0.681. The summed E-state index contributed by atoms with van der Waals surface area (Å²) in [4.78, 5) is 8.14. The Labute approximate surface area is 104 Å². The quantitative estimate of drug-likeness (QED) is 0.885. The fourth-order valence-corrected chi connectivity index (χ4v) is 2.04. The Morgan fingerprint density at radius 2 is 2.35 bits per heavy atom. The zero-order valence-electron chi connectivity index (χ0n) is 9.54. The van der Waals surface area contributed by atoms with Crippen molar-refractivity contribution in [2.45, 2.75) is 19.4 Å². The summed E-state index contributed by atoms with van der Waals surface area (Å²) in [5, 5.41) is 12.6. The summed E-state index contributed by atoms with van der Waals surface area (Å²) >= 11 is 1.42. The summed E-state index contributed by atoms with van der Waals surface area (Å²) in [7, 11) is 0. The third-order valence-electron chi connectivity index (χ3n) is 2.21. The third kappa shape index (κ3) is 3.01. The Balaban J connectivity index is 2.15. The van der Waals surface area contributed by atoms with Crippen molar-refractivity contribution >= 4 is 11.3 Å². The molecule has 0 saturated carbocycles. The van der Waals surface area contributed by atoms with Gasteiger partial charge in [0.15, 0.2) is 0 Å². The molecule has 2 rings (SSSR count). The van der Waals surface area contributed by atoms with Crippen LogP contribution in [-0.2, 0) is 0 Å². The molecule has 4 nitrogen and oxygen atoms in total. The second-order valence-corrected chi connectivity index (χ2v) is 4.50. The van der Waals surface area contributed by atoms with Crippen LogP contribution in [0.25, 0.3) is 0 Å². The first-order valence-electron chi connectivity index (χ1n) is 5.46. The second-order valence-electron chi connectivity index (χ2n) is 3.58. The van der Waals surface area contributed by atoms with Crippen LogP contribution in [0.3, 0.4) is 0 Å². The van der Waals surface area contributed by atoms with Crippen molar-refractivity contribution < 1.29 is 9.84 Å². The maximum atomic E-state index is 10.1. The van der Waals surface area contributed by atoms with Crippen LogP contribution in [0.1, 0.15) is 30.0 Å². The lowest BCUT2D eigenvalue weighted by Gasteiger charge is -2.09. The van der Waals surface area contributed by atoms with Gasteiger partial charge >= 0.3 is 0 Å². The molecule has 2 aromatic rings. The van der Waals surface area contributed by atoms with Crippen LogP contribution >= 0.6 is 11.3 Å². The van der Waals surface area contributed by atoms with Gasteiger partial charge in [-0.1, -0.05) is 6.92 Å². The lowest BCUT2D eigenvalue weighted by molar-refractivity contribution is 0.218. The largest absolute Gasteiger partial charge is 0.492 e. The molecule has 2 heterocycles. The smallest absolute Gasteiger partial charge is 0.137 e. The van der Waals surface area contributed by atoms with Gasteiger partial charge in [-0.05, 0) is 12.5 Å². The van der Waals surface area contributed by atoms with Crippen molar-refractivity contribution in [3.8, 4) is 5.75 Å². The lowest BCUT2D eigenvalue weighted by Crippen LogP contribution is -2.01. The van der Waals surface area contributed by atoms with E-state index in [4.69, 9.17) is 4.74 Å². The van der Waals surface area contributed by atoms with E-state index < -0.39 is 6.10 Å². The van der Waals surface area contributed by atoms with Gasteiger partial charge in [0.05, 0.1) is 12.8 Å². The summed E-state index contributed by atoms with van der Waals surface area (Å²) < 4.78 is 5.47. The Kier molecular flexibility index (Phi) is 4.06. The van der Waals surface area contributed by atoms with Crippen LogP contribution in [0.2, 0.25) is 0 Å². The van der Waals surface area contributed by atoms with Crippen LogP contribution < -0.4 is 4.74 Å². The minimum Gasteiger partial charge on any atom is -0.492 e. The van der Waals surface area contributed by atoms with Crippen molar-refractivity contribution in [3.63, 3.8) is 0 Å². The minimum atomic E-state index is -0.729.